The van der Waals surface area contributed by atoms with Crippen LogP contribution in [0.2, 0.25) is 0 Å². The highest BCUT2D eigenvalue weighted by Gasteiger charge is 2.34. The summed E-state index contributed by atoms with van der Waals surface area (Å²) in [6, 6.07) is 0. The molecule has 0 aromatic heterocycles. The van der Waals surface area contributed by atoms with Crippen LogP contribution in [0.5, 0.6) is 0 Å². The van der Waals surface area contributed by atoms with Crippen LogP contribution in [0.4, 0.5) is 0 Å². The summed E-state index contributed by atoms with van der Waals surface area (Å²) in [4.78, 5) is 0. The molecule has 0 aliphatic heterocycles. The van der Waals surface area contributed by atoms with Crippen molar-refractivity contribution in [2.24, 2.45) is 11.8 Å². The van der Waals surface area contributed by atoms with E-state index in [4.69, 9.17) is 4.55 Å². The molecule has 1 rings (SSSR count). The molecule has 0 amide bonds. The van der Waals surface area contributed by atoms with E-state index in [0.717, 1.165) is 6.42 Å². The van der Waals surface area contributed by atoms with Crippen LogP contribution in [0, 0.1) is 11.8 Å². The van der Waals surface area contributed by atoms with Crippen LogP contribution in [0.3, 0.4) is 0 Å². The molecule has 1 aliphatic carbocycles. The van der Waals surface area contributed by atoms with Gasteiger partial charge in [-0.25, -0.2) is 0 Å². The SMILES string of the molecule is CC(C)C1CCC(S(=O)(=O)O)C1. The van der Waals surface area contributed by atoms with E-state index in [9.17, 15) is 8.42 Å². The van der Waals surface area contributed by atoms with Gasteiger partial charge in [-0.15, -0.1) is 0 Å². The molecule has 0 radical (unpaired) electrons. The van der Waals surface area contributed by atoms with Crippen LogP contribution in [-0.2, 0) is 10.1 Å². The molecule has 2 unspecified atom stereocenters. The van der Waals surface area contributed by atoms with Gasteiger partial charge in [-0.1, -0.05) is 13.8 Å². The molecule has 0 aromatic carbocycles. The Bertz CT molecular complexity index is 243. The first kappa shape index (κ1) is 9.99. The molecule has 2 atom stereocenters. The summed E-state index contributed by atoms with van der Waals surface area (Å²) in [5.74, 6) is 0.994. The lowest BCUT2D eigenvalue weighted by molar-refractivity contribution is 0.393. The second-order valence-corrected chi connectivity index (χ2v) is 5.65. The van der Waals surface area contributed by atoms with Crippen molar-refractivity contribution in [3.8, 4) is 0 Å². The summed E-state index contributed by atoms with van der Waals surface area (Å²) in [7, 11) is -3.77. The quantitative estimate of drug-likeness (QED) is 0.677. The Kier molecular flexibility index (Phi) is 2.78. The number of hydrogen-bond donors (Lipinski definition) is 1. The number of rotatable bonds is 2. The molecule has 0 aromatic rings. The fourth-order valence-corrected chi connectivity index (χ4v) is 2.77. The van der Waals surface area contributed by atoms with E-state index in [0.29, 0.717) is 24.7 Å². The highest BCUT2D eigenvalue weighted by atomic mass is 32.2. The maximum absolute atomic E-state index is 10.8. The maximum atomic E-state index is 10.8. The van der Waals surface area contributed by atoms with Gasteiger partial charge in [0.1, 0.15) is 0 Å². The minimum absolute atomic E-state index is 0.469. The average molecular weight is 192 g/mol. The second-order valence-electron chi connectivity index (χ2n) is 3.95. The molecule has 0 saturated heterocycles. The van der Waals surface area contributed by atoms with Gasteiger partial charge in [-0.3, -0.25) is 4.55 Å². The molecular formula is C8H16O3S. The van der Waals surface area contributed by atoms with Gasteiger partial charge >= 0.3 is 0 Å². The van der Waals surface area contributed by atoms with Gasteiger partial charge in [0.2, 0.25) is 0 Å². The third-order valence-electron chi connectivity index (χ3n) is 2.79. The van der Waals surface area contributed by atoms with Crippen molar-refractivity contribution in [2.75, 3.05) is 0 Å². The summed E-state index contributed by atoms with van der Waals surface area (Å²) in [5.41, 5.74) is 0. The Labute approximate surface area is 73.9 Å². The van der Waals surface area contributed by atoms with Crippen molar-refractivity contribution in [3.63, 3.8) is 0 Å². The zero-order valence-electron chi connectivity index (χ0n) is 7.53. The van der Waals surface area contributed by atoms with Crippen molar-refractivity contribution in [1.82, 2.24) is 0 Å². The van der Waals surface area contributed by atoms with Gasteiger partial charge < -0.3 is 0 Å². The lowest BCUT2D eigenvalue weighted by Crippen LogP contribution is -2.17. The summed E-state index contributed by atoms with van der Waals surface area (Å²) in [6.07, 6.45) is 2.19. The summed E-state index contributed by atoms with van der Waals surface area (Å²) in [6.45, 7) is 4.19. The lowest BCUT2D eigenvalue weighted by Gasteiger charge is -2.13. The Morgan fingerprint density at radius 3 is 2.17 bits per heavy atom. The molecule has 12 heavy (non-hydrogen) atoms. The minimum atomic E-state index is -3.77. The molecule has 0 spiro atoms. The van der Waals surface area contributed by atoms with Gasteiger partial charge in [0, 0.05) is 0 Å². The first-order chi connectivity index (χ1) is 5.41. The van der Waals surface area contributed by atoms with Crippen LogP contribution in [0.25, 0.3) is 0 Å². The first-order valence-corrected chi connectivity index (χ1v) is 5.88. The Balaban J connectivity index is 2.58. The largest absolute Gasteiger partial charge is 0.285 e. The monoisotopic (exact) mass is 192 g/mol. The van der Waals surface area contributed by atoms with Crippen LogP contribution in [-0.4, -0.2) is 18.2 Å². The second kappa shape index (κ2) is 3.34. The van der Waals surface area contributed by atoms with E-state index in [1.165, 1.54) is 0 Å². The standard InChI is InChI=1S/C8H16O3S/c1-6(2)7-3-4-8(5-7)12(9,10)11/h6-8H,3-5H2,1-2H3,(H,9,10,11). The average Bonchev–Trinajstić information content (AvgIpc) is 2.30. The molecule has 1 aliphatic rings. The Morgan fingerprint density at radius 1 is 1.33 bits per heavy atom. The number of hydrogen-bond acceptors (Lipinski definition) is 2. The van der Waals surface area contributed by atoms with Crippen molar-refractivity contribution < 1.29 is 13.0 Å². The van der Waals surface area contributed by atoms with E-state index in [1.807, 2.05) is 0 Å². The Morgan fingerprint density at radius 2 is 1.92 bits per heavy atom. The first-order valence-electron chi connectivity index (χ1n) is 4.37. The molecule has 0 heterocycles. The van der Waals surface area contributed by atoms with Crippen LogP contribution in [0.15, 0.2) is 0 Å². The van der Waals surface area contributed by atoms with E-state index in [-0.39, 0.29) is 0 Å². The van der Waals surface area contributed by atoms with E-state index < -0.39 is 15.4 Å². The van der Waals surface area contributed by atoms with Gasteiger partial charge in [0.05, 0.1) is 5.25 Å². The van der Waals surface area contributed by atoms with E-state index >= 15 is 0 Å². The van der Waals surface area contributed by atoms with E-state index in [1.54, 1.807) is 0 Å². The fraction of sp³-hybridized carbons (Fsp3) is 1.00. The lowest BCUT2D eigenvalue weighted by atomic mass is 9.95. The fourth-order valence-electron chi connectivity index (χ4n) is 1.85. The molecule has 3 nitrogen and oxygen atoms in total. The predicted octanol–water partition coefficient (Wildman–Crippen LogP) is 1.70. The molecule has 1 saturated carbocycles. The molecule has 72 valence electrons. The highest BCUT2D eigenvalue weighted by molar-refractivity contribution is 7.86. The zero-order valence-corrected chi connectivity index (χ0v) is 8.34. The van der Waals surface area contributed by atoms with Crippen molar-refractivity contribution in [1.29, 1.82) is 0 Å². The Hall–Kier alpha value is -0.0900. The normalized spacial score (nSPS) is 31.3. The van der Waals surface area contributed by atoms with Crippen molar-refractivity contribution >= 4 is 10.1 Å². The van der Waals surface area contributed by atoms with Crippen molar-refractivity contribution in [3.05, 3.63) is 0 Å². The van der Waals surface area contributed by atoms with Gasteiger partial charge in [0.15, 0.2) is 0 Å². The molecular weight excluding hydrogens is 176 g/mol. The maximum Gasteiger partial charge on any atom is 0.267 e. The summed E-state index contributed by atoms with van der Waals surface area (Å²) >= 11 is 0. The van der Waals surface area contributed by atoms with Gasteiger partial charge in [0.25, 0.3) is 10.1 Å². The molecule has 1 N–H and O–H groups in total. The van der Waals surface area contributed by atoms with Crippen molar-refractivity contribution in [2.45, 2.75) is 38.4 Å². The predicted molar refractivity (Wildman–Crippen MR) is 47.5 cm³/mol. The van der Waals surface area contributed by atoms with Crippen LogP contribution < -0.4 is 0 Å². The smallest absolute Gasteiger partial charge is 0.267 e. The summed E-state index contributed by atoms with van der Waals surface area (Å²) in [5, 5.41) is -0.495. The summed E-state index contributed by atoms with van der Waals surface area (Å²) < 4.78 is 30.3. The van der Waals surface area contributed by atoms with Crippen LogP contribution in [0.1, 0.15) is 33.1 Å². The minimum Gasteiger partial charge on any atom is -0.285 e. The topological polar surface area (TPSA) is 54.4 Å². The molecule has 1 fully saturated rings. The zero-order chi connectivity index (χ0) is 9.35. The highest BCUT2D eigenvalue weighted by Crippen LogP contribution is 2.34. The molecule has 4 heteroatoms. The van der Waals surface area contributed by atoms with E-state index in [2.05, 4.69) is 13.8 Å². The third kappa shape index (κ3) is 2.20. The van der Waals surface area contributed by atoms with Gasteiger partial charge in [-0.2, -0.15) is 8.42 Å². The third-order valence-corrected chi connectivity index (χ3v) is 4.06. The van der Waals surface area contributed by atoms with Crippen LogP contribution >= 0.6 is 0 Å². The molecule has 0 bridgehead atoms. The van der Waals surface area contributed by atoms with Gasteiger partial charge in [-0.05, 0) is 31.1 Å².